The number of hydrogen-bond acceptors (Lipinski definition) is 9. The first-order chi connectivity index (χ1) is 19.5. The maximum atomic E-state index is 14.3. The Morgan fingerprint density at radius 2 is 1.93 bits per heavy atom. The molecule has 1 atom stereocenters. The molecule has 1 spiro atoms. The van der Waals surface area contributed by atoms with Gasteiger partial charge in [0.1, 0.15) is 45.8 Å². The van der Waals surface area contributed by atoms with Crippen molar-refractivity contribution in [2.75, 3.05) is 32.6 Å². The summed E-state index contributed by atoms with van der Waals surface area (Å²) in [7, 11) is 3.09. The highest BCUT2D eigenvalue weighted by atomic mass is 16.5. The minimum atomic E-state index is -1.07. The van der Waals surface area contributed by atoms with E-state index in [4.69, 9.17) is 14.2 Å². The fourth-order valence-electron chi connectivity index (χ4n) is 5.80. The maximum Gasteiger partial charge on any atom is 0.196 e. The number of nitrogens with one attached hydrogen (secondary N) is 2. The average molecular weight is 542 g/mol. The van der Waals surface area contributed by atoms with Crippen LogP contribution in [0.1, 0.15) is 40.6 Å². The van der Waals surface area contributed by atoms with Crippen LogP contribution in [0.3, 0.4) is 0 Å². The van der Waals surface area contributed by atoms with Gasteiger partial charge >= 0.3 is 0 Å². The Labute approximate surface area is 231 Å². The van der Waals surface area contributed by atoms with Gasteiger partial charge in [-0.15, -0.1) is 0 Å². The monoisotopic (exact) mass is 541 g/mol. The van der Waals surface area contributed by atoms with Crippen LogP contribution in [-0.2, 0) is 6.54 Å². The third-order valence-electron chi connectivity index (χ3n) is 7.80. The molecule has 2 aromatic carbocycles. The average Bonchev–Trinajstić information content (AvgIpc) is 3.44. The Hall–Kier alpha value is -4.44. The van der Waals surface area contributed by atoms with E-state index in [0.29, 0.717) is 71.9 Å². The van der Waals surface area contributed by atoms with Crippen molar-refractivity contribution < 1.29 is 23.8 Å². The molecule has 6 rings (SSSR count). The topological polar surface area (TPSA) is 117 Å². The van der Waals surface area contributed by atoms with Crippen LogP contribution in [0.2, 0.25) is 0 Å². The molecular weight excluding hydrogens is 510 g/mol. The number of ether oxygens (including phenoxy) is 3. The van der Waals surface area contributed by atoms with Crippen LogP contribution in [0.25, 0.3) is 10.9 Å². The molecule has 0 amide bonds. The molecule has 206 valence electrons. The molecule has 10 nitrogen and oxygen atoms in total. The van der Waals surface area contributed by atoms with Crippen molar-refractivity contribution in [2.24, 2.45) is 5.92 Å². The Morgan fingerprint density at radius 3 is 2.67 bits per heavy atom. The second-order valence-corrected chi connectivity index (χ2v) is 10.0. The molecule has 4 aromatic rings. The van der Waals surface area contributed by atoms with Crippen molar-refractivity contribution in [3.63, 3.8) is 0 Å². The highest BCUT2D eigenvalue weighted by Crippen LogP contribution is 2.45. The summed E-state index contributed by atoms with van der Waals surface area (Å²) in [5.41, 5.74) is 0.718. The van der Waals surface area contributed by atoms with E-state index >= 15 is 0 Å². The molecule has 2 N–H and O–H groups in total. The van der Waals surface area contributed by atoms with Gasteiger partial charge in [0.15, 0.2) is 11.6 Å². The van der Waals surface area contributed by atoms with Gasteiger partial charge in [-0.3, -0.25) is 9.59 Å². The Bertz CT molecular complexity index is 1610. The number of hydrogen-bond donors (Lipinski definition) is 2. The molecule has 0 radical (unpaired) electrons. The van der Waals surface area contributed by atoms with Gasteiger partial charge in [0, 0.05) is 42.6 Å². The number of ketones is 2. The predicted molar refractivity (Wildman–Crippen MR) is 150 cm³/mol. The van der Waals surface area contributed by atoms with Crippen LogP contribution in [0.4, 0.5) is 11.5 Å². The van der Waals surface area contributed by atoms with Gasteiger partial charge in [0.05, 0.1) is 26.0 Å². The van der Waals surface area contributed by atoms with Gasteiger partial charge in [-0.1, -0.05) is 6.07 Å². The van der Waals surface area contributed by atoms with Gasteiger partial charge in [-0.25, -0.2) is 9.67 Å². The molecule has 1 saturated heterocycles. The van der Waals surface area contributed by atoms with Crippen LogP contribution in [0.5, 0.6) is 17.2 Å². The summed E-state index contributed by atoms with van der Waals surface area (Å²) in [5.74, 6) is 0.540. The van der Waals surface area contributed by atoms with E-state index in [9.17, 15) is 9.59 Å². The number of rotatable bonds is 7. The molecule has 0 aliphatic carbocycles. The Kier molecular flexibility index (Phi) is 6.63. The van der Waals surface area contributed by atoms with E-state index in [1.807, 2.05) is 35.9 Å². The number of aryl methyl sites for hydroxylation is 1. The van der Waals surface area contributed by atoms with Gasteiger partial charge in [-0.05, 0) is 50.3 Å². The number of Topliss-reactive ketones (excluding diaryl/α,β-unsaturated/α-hetero) is 2. The zero-order valence-electron chi connectivity index (χ0n) is 22.7. The van der Waals surface area contributed by atoms with Crippen molar-refractivity contribution in [3.8, 4) is 17.2 Å². The number of methoxy groups -OCH3 is 2. The number of piperidine rings is 1. The van der Waals surface area contributed by atoms with E-state index < -0.39 is 17.3 Å². The van der Waals surface area contributed by atoms with E-state index in [-0.39, 0.29) is 11.5 Å². The lowest BCUT2D eigenvalue weighted by atomic mass is 9.71. The van der Waals surface area contributed by atoms with Crippen LogP contribution in [0.15, 0.2) is 54.7 Å². The van der Waals surface area contributed by atoms with E-state index in [2.05, 4.69) is 20.7 Å². The van der Waals surface area contributed by atoms with Crippen LogP contribution in [0, 0.1) is 5.92 Å². The summed E-state index contributed by atoms with van der Waals surface area (Å²) in [6.45, 7) is 3.97. The molecule has 0 saturated carbocycles. The van der Waals surface area contributed by atoms with Gasteiger partial charge < -0.3 is 24.8 Å². The molecule has 10 heteroatoms. The number of benzene rings is 2. The summed E-state index contributed by atoms with van der Waals surface area (Å²) in [6.07, 6.45) is 2.74. The highest BCUT2D eigenvalue weighted by Gasteiger charge is 2.54. The molecule has 0 bridgehead atoms. The fourth-order valence-corrected chi connectivity index (χ4v) is 5.80. The third kappa shape index (κ3) is 4.24. The van der Waals surface area contributed by atoms with E-state index in [1.165, 1.54) is 0 Å². The SMILES string of the molecule is CCn1nccc1Nc1ccc2c(c1)C(=O)[C@H](C(=O)c1cc(OC)c3cccc(OC)c3n1)C1(CCNCC1)O2. The van der Waals surface area contributed by atoms with E-state index in [0.717, 1.165) is 5.82 Å². The fraction of sp³-hybridized carbons (Fsp3) is 0.333. The van der Waals surface area contributed by atoms with Crippen LogP contribution < -0.4 is 24.8 Å². The van der Waals surface area contributed by atoms with Crippen molar-refractivity contribution in [2.45, 2.75) is 31.9 Å². The Morgan fingerprint density at radius 1 is 1.12 bits per heavy atom. The smallest absolute Gasteiger partial charge is 0.196 e. The van der Waals surface area contributed by atoms with Gasteiger partial charge in [0.25, 0.3) is 0 Å². The largest absolute Gasteiger partial charge is 0.496 e. The first-order valence-electron chi connectivity index (χ1n) is 13.4. The number of para-hydroxylation sites is 1. The molecule has 40 heavy (non-hydrogen) atoms. The quantitative estimate of drug-likeness (QED) is 0.259. The van der Waals surface area contributed by atoms with Crippen molar-refractivity contribution in [3.05, 3.63) is 66.0 Å². The van der Waals surface area contributed by atoms with E-state index in [1.54, 1.807) is 44.7 Å². The molecule has 2 aliphatic rings. The maximum absolute atomic E-state index is 14.3. The molecule has 2 aromatic heterocycles. The van der Waals surface area contributed by atoms with Crippen molar-refractivity contribution in [1.82, 2.24) is 20.1 Å². The molecular formula is C30H31N5O5. The second kappa shape index (κ2) is 10.3. The minimum Gasteiger partial charge on any atom is -0.496 e. The first-order valence-corrected chi connectivity index (χ1v) is 13.4. The number of aromatic nitrogens is 3. The van der Waals surface area contributed by atoms with Gasteiger partial charge in [-0.2, -0.15) is 5.10 Å². The van der Waals surface area contributed by atoms with Crippen molar-refractivity contribution in [1.29, 1.82) is 0 Å². The molecule has 0 unspecified atom stereocenters. The summed E-state index contributed by atoms with van der Waals surface area (Å²) in [4.78, 5) is 33.3. The number of anilines is 2. The van der Waals surface area contributed by atoms with Crippen molar-refractivity contribution >= 4 is 34.0 Å². The van der Waals surface area contributed by atoms with Gasteiger partial charge in [0.2, 0.25) is 0 Å². The third-order valence-corrected chi connectivity index (χ3v) is 7.80. The number of carbonyl (C=O) groups excluding carboxylic acids is 2. The molecule has 1 fully saturated rings. The lowest BCUT2D eigenvalue weighted by Gasteiger charge is -2.45. The molecule has 2 aliphatic heterocycles. The number of pyridine rings is 1. The predicted octanol–water partition coefficient (Wildman–Crippen LogP) is 4.41. The summed E-state index contributed by atoms with van der Waals surface area (Å²) in [6, 6.07) is 14.4. The highest BCUT2D eigenvalue weighted by molar-refractivity contribution is 6.19. The zero-order valence-corrected chi connectivity index (χ0v) is 22.7. The second-order valence-electron chi connectivity index (χ2n) is 10.0. The summed E-state index contributed by atoms with van der Waals surface area (Å²) >= 11 is 0. The minimum absolute atomic E-state index is 0.137. The number of carbonyl (C=O) groups is 2. The Balaban J connectivity index is 1.44. The van der Waals surface area contributed by atoms with Crippen LogP contribution >= 0.6 is 0 Å². The number of nitrogens with zero attached hydrogens (tertiary/aromatic N) is 3. The normalized spacial score (nSPS) is 17.8. The summed E-state index contributed by atoms with van der Waals surface area (Å²) < 4.78 is 19.6. The standard InChI is InChI=1S/C30H31N5O5/c1-4-35-25(10-13-32-35)33-18-8-9-22-20(16-18)28(36)26(30(40-22)11-14-31-15-12-30)29(37)21-17-24(39-3)19-6-5-7-23(38-2)27(19)34-21/h5-10,13,16-17,26,31,33H,4,11-12,14-15H2,1-3H3/t26-/m1/s1. The molecule has 4 heterocycles. The lowest BCUT2D eigenvalue weighted by Crippen LogP contribution is -2.58. The van der Waals surface area contributed by atoms with Crippen LogP contribution in [-0.4, -0.2) is 59.2 Å². The summed E-state index contributed by atoms with van der Waals surface area (Å²) in [5, 5.41) is 11.7. The lowest BCUT2D eigenvalue weighted by molar-refractivity contribution is -0.0139. The number of fused-ring (bicyclic) bond motifs is 2. The first kappa shape index (κ1) is 25.8. The zero-order chi connectivity index (χ0) is 27.9.